The summed E-state index contributed by atoms with van der Waals surface area (Å²) >= 11 is 0. The maximum absolute atomic E-state index is 10.7. The molecule has 110 valence electrons. The van der Waals surface area contributed by atoms with Gasteiger partial charge in [0.1, 0.15) is 0 Å². The summed E-state index contributed by atoms with van der Waals surface area (Å²) in [7, 11) is 0. The highest BCUT2D eigenvalue weighted by Crippen LogP contribution is 1.97. The number of ether oxygens (including phenoxy) is 1. The van der Waals surface area contributed by atoms with Crippen molar-refractivity contribution >= 4 is 18.0 Å². The molecule has 0 heterocycles. The van der Waals surface area contributed by atoms with E-state index in [4.69, 9.17) is 9.84 Å². The van der Waals surface area contributed by atoms with Crippen molar-refractivity contribution in [3.8, 4) is 0 Å². The number of carbonyl (C=O) groups is 2. The lowest BCUT2D eigenvalue weighted by Crippen LogP contribution is -2.08. The Morgan fingerprint density at radius 3 is 2.35 bits per heavy atom. The van der Waals surface area contributed by atoms with E-state index in [1.807, 2.05) is 43.3 Å². The molecule has 1 aromatic carbocycles. The second kappa shape index (κ2) is 12.0. The third kappa shape index (κ3) is 11.0. The fourth-order valence-electron chi connectivity index (χ4n) is 1.20. The van der Waals surface area contributed by atoms with Crippen molar-refractivity contribution in [2.24, 2.45) is 0 Å². The van der Waals surface area contributed by atoms with Crippen LogP contribution in [0.15, 0.2) is 36.9 Å². The van der Waals surface area contributed by atoms with Gasteiger partial charge in [-0.1, -0.05) is 56.3 Å². The first-order chi connectivity index (χ1) is 9.60. The lowest BCUT2D eigenvalue weighted by atomic mass is 10.2. The lowest BCUT2D eigenvalue weighted by molar-refractivity contribution is -0.147. The Balaban J connectivity index is 0.000000388. The molecule has 0 spiro atoms. The molecule has 1 N–H and O–H groups in total. The number of carboxylic acid groups (broad SMARTS) is 1. The predicted octanol–water partition coefficient (Wildman–Crippen LogP) is 3.52. The van der Waals surface area contributed by atoms with Crippen LogP contribution >= 0.6 is 0 Å². The highest BCUT2D eigenvalue weighted by atomic mass is 16.5. The summed E-state index contributed by atoms with van der Waals surface area (Å²) in [5.74, 6) is -1.40. The second-order valence-corrected chi connectivity index (χ2v) is 4.08. The SMILES string of the molecule is C=Cc1ccccc1.CCCCOC(=O)CCC(=O)O. The fourth-order valence-corrected chi connectivity index (χ4v) is 1.20. The minimum atomic E-state index is -0.970. The van der Waals surface area contributed by atoms with E-state index in [-0.39, 0.29) is 12.8 Å². The number of hydrogen-bond acceptors (Lipinski definition) is 3. The molecule has 0 bridgehead atoms. The molecule has 4 nitrogen and oxygen atoms in total. The molecule has 0 fully saturated rings. The largest absolute Gasteiger partial charge is 0.481 e. The molecule has 1 rings (SSSR count). The Kier molecular flexibility index (Phi) is 10.7. The van der Waals surface area contributed by atoms with Gasteiger partial charge in [-0.3, -0.25) is 9.59 Å². The van der Waals surface area contributed by atoms with Crippen LogP contribution < -0.4 is 0 Å². The van der Waals surface area contributed by atoms with E-state index in [9.17, 15) is 9.59 Å². The van der Waals surface area contributed by atoms with Gasteiger partial charge < -0.3 is 9.84 Å². The molecule has 0 saturated carbocycles. The van der Waals surface area contributed by atoms with Gasteiger partial charge in [-0.15, -0.1) is 0 Å². The maximum atomic E-state index is 10.7. The van der Waals surface area contributed by atoms with Crippen LogP contribution in [0.5, 0.6) is 0 Å². The average molecular weight is 278 g/mol. The molecule has 0 atom stereocenters. The molecule has 1 aromatic rings. The van der Waals surface area contributed by atoms with E-state index in [1.54, 1.807) is 0 Å². The molecule has 0 aliphatic heterocycles. The fraction of sp³-hybridized carbons (Fsp3) is 0.375. The molecule has 0 radical (unpaired) electrons. The van der Waals surface area contributed by atoms with Gasteiger partial charge in [-0.25, -0.2) is 0 Å². The zero-order valence-corrected chi connectivity index (χ0v) is 11.9. The van der Waals surface area contributed by atoms with Crippen LogP contribution in [0, 0.1) is 0 Å². The first-order valence-corrected chi connectivity index (χ1v) is 6.65. The van der Waals surface area contributed by atoms with E-state index < -0.39 is 11.9 Å². The minimum Gasteiger partial charge on any atom is -0.481 e. The summed E-state index contributed by atoms with van der Waals surface area (Å²) in [6, 6.07) is 10.0. The van der Waals surface area contributed by atoms with Gasteiger partial charge in [0.25, 0.3) is 0 Å². The van der Waals surface area contributed by atoms with Crippen molar-refractivity contribution in [2.45, 2.75) is 32.6 Å². The average Bonchev–Trinajstić information content (AvgIpc) is 2.47. The molecule has 0 unspecified atom stereocenters. The van der Waals surface area contributed by atoms with E-state index in [0.717, 1.165) is 12.8 Å². The van der Waals surface area contributed by atoms with Crippen LogP contribution in [0.4, 0.5) is 0 Å². The number of carboxylic acids is 1. The third-order valence-electron chi connectivity index (χ3n) is 2.34. The summed E-state index contributed by atoms with van der Waals surface area (Å²) < 4.78 is 4.73. The molecule has 20 heavy (non-hydrogen) atoms. The Bertz CT molecular complexity index is 398. The maximum Gasteiger partial charge on any atom is 0.306 e. The standard InChI is InChI=1S/C8H14O4.C8H8/c1-2-3-6-12-8(11)5-4-7(9)10;1-2-8-6-4-3-5-7-8/h2-6H2,1H3,(H,9,10);2-7H,1H2. The molecule has 0 aromatic heterocycles. The van der Waals surface area contributed by atoms with Crippen molar-refractivity contribution in [1.29, 1.82) is 0 Å². The van der Waals surface area contributed by atoms with Gasteiger partial charge in [0.05, 0.1) is 19.4 Å². The number of unbranched alkanes of at least 4 members (excludes halogenated alkanes) is 1. The number of hydrogen-bond donors (Lipinski definition) is 1. The van der Waals surface area contributed by atoms with Crippen molar-refractivity contribution in [1.82, 2.24) is 0 Å². The highest BCUT2D eigenvalue weighted by Gasteiger charge is 2.05. The molecule has 0 saturated heterocycles. The molecule has 0 aliphatic rings. The van der Waals surface area contributed by atoms with Crippen LogP contribution in [-0.4, -0.2) is 23.7 Å². The van der Waals surface area contributed by atoms with Crippen LogP contribution in [0.3, 0.4) is 0 Å². The van der Waals surface area contributed by atoms with Crippen LogP contribution in [0.1, 0.15) is 38.2 Å². The Labute approximate surface area is 120 Å². The van der Waals surface area contributed by atoms with Gasteiger partial charge in [0.2, 0.25) is 0 Å². The van der Waals surface area contributed by atoms with E-state index in [2.05, 4.69) is 6.58 Å². The number of rotatable bonds is 7. The number of esters is 1. The number of carbonyl (C=O) groups excluding carboxylic acids is 1. The molecule has 0 amide bonds. The second-order valence-electron chi connectivity index (χ2n) is 4.08. The summed E-state index contributed by atoms with van der Waals surface area (Å²) in [5, 5.41) is 8.23. The van der Waals surface area contributed by atoms with Gasteiger partial charge in [0.15, 0.2) is 0 Å². The zero-order valence-electron chi connectivity index (χ0n) is 11.9. The monoisotopic (exact) mass is 278 g/mol. The van der Waals surface area contributed by atoms with Crippen LogP contribution in [-0.2, 0) is 14.3 Å². The summed E-state index contributed by atoms with van der Waals surface area (Å²) in [5.41, 5.74) is 1.17. The van der Waals surface area contributed by atoms with Crippen molar-refractivity contribution in [2.75, 3.05) is 6.61 Å². The Morgan fingerprint density at radius 1 is 1.25 bits per heavy atom. The first-order valence-electron chi connectivity index (χ1n) is 6.65. The summed E-state index contributed by atoms with van der Waals surface area (Å²) in [6.45, 7) is 6.02. The van der Waals surface area contributed by atoms with E-state index in [0.29, 0.717) is 6.61 Å². The molecule has 0 aliphatic carbocycles. The van der Waals surface area contributed by atoms with Crippen LogP contribution in [0.2, 0.25) is 0 Å². The predicted molar refractivity (Wildman–Crippen MR) is 79.3 cm³/mol. The summed E-state index contributed by atoms with van der Waals surface area (Å²) in [4.78, 5) is 20.8. The zero-order chi connectivity index (χ0) is 15.2. The Hall–Kier alpha value is -2.10. The van der Waals surface area contributed by atoms with Gasteiger partial charge in [-0.05, 0) is 12.0 Å². The van der Waals surface area contributed by atoms with Crippen LogP contribution in [0.25, 0.3) is 6.08 Å². The number of benzene rings is 1. The molecular formula is C16H22O4. The first kappa shape index (κ1) is 17.9. The minimum absolute atomic E-state index is 0.0287. The highest BCUT2D eigenvalue weighted by molar-refractivity contribution is 5.76. The Morgan fingerprint density at radius 2 is 1.90 bits per heavy atom. The van der Waals surface area contributed by atoms with Gasteiger partial charge >= 0.3 is 11.9 Å². The van der Waals surface area contributed by atoms with Crippen molar-refractivity contribution < 1.29 is 19.4 Å². The number of aliphatic carboxylic acids is 1. The quantitative estimate of drug-likeness (QED) is 0.612. The van der Waals surface area contributed by atoms with Crippen molar-refractivity contribution in [3.63, 3.8) is 0 Å². The van der Waals surface area contributed by atoms with E-state index in [1.165, 1.54) is 5.56 Å². The third-order valence-corrected chi connectivity index (χ3v) is 2.34. The van der Waals surface area contributed by atoms with Gasteiger partial charge in [0, 0.05) is 0 Å². The van der Waals surface area contributed by atoms with Crippen molar-refractivity contribution in [3.05, 3.63) is 42.5 Å². The normalized spacial score (nSPS) is 9.05. The lowest BCUT2D eigenvalue weighted by Gasteiger charge is -2.01. The molecular weight excluding hydrogens is 256 g/mol. The van der Waals surface area contributed by atoms with Gasteiger partial charge in [-0.2, -0.15) is 0 Å². The molecule has 4 heteroatoms. The topological polar surface area (TPSA) is 63.6 Å². The smallest absolute Gasteiger partial charge is 0.306 e. The van der Waals surface area contributed by atoms with E-state index >= 15 is 0 Å². The summed E-state index contributed by atoms with van der Waals surface area (Å²) in [6.07, 6.45) is 3.45.